The van der Waals surface area contributed by atoms with Gasteiger partial charge in [0.05, 0.1) is 28.3 Å². The average Bonchev–Trinajstić information content (AvgIpc) is 3.30. The van der Waals surface area contributed by atoms with Crippen LogP contribution in [0.5, 0.6) is 5.75 Å². The number of ether oxygens (including phenoxy) is 1. The number of carbonyl (C=O) groups excluding carboxylic acids is 2. The van der Waals surface area contributed by atoms with Gasteiger partial charge in [-0.2, -0.15) is 5.10 Å². The lowest BCUT2D eigenvalue weighted by atomic mass is 10.1. The monoisotopic (exact) mass is 455 g/mol. The molecule has 1 aliphatic heterocycles. The lowest BCUT2D eigenvalue weighted by Gasteiger charge is -2.04. The average molecular weight is 456 g/mol. The van der Waals surface area contributed by atoms with Gasteiger partial charge >= 0.3 is 0 Å². The van der Waals surface area contributed by atoms with Crippen LogP contribution >= 0.6 is 11.8 Å². The van der Waals surface area contributed by atoms with Crippen molar-refractivity contribution in [3.63, 3.8) is 0 Å². The number of nitrogens with one attached hydrogen (secondary N) is 1. The number of amides is 2. The molecule has 0 radical (unpaired) electrons. The quantitative estimate of drug-likeness (QED) is 0.588. The maximum atomic E-state index is 12.0. The molecular formula is C21H17N3O5S2. The van der Waals surface area contributed by atoms with Crippen molar-refractivity contribution in [3.8, 4) is 22.7 Å². The van der Waals surface area contributed by atoms with Crippen molar-refractivity contribution in [1.29, 1.82) is 0 Å². The first-order chi connectivity index (χ1) is 14.7. The fourth-order valence-electron chi connectivity index (χ4n) is 3.01. The molecule has 0 atom stereocenters. The maximum absolute atomic E-state index is 12.0. The molecule has 1 saturated heterocycles. The van der Waals surface area contributed by atoms with Gasteiger partial charge in [-0.1, -0.05) is 0 Å². The molecule has 2 aromatic carbocycles. The van der Waals surface area contributed by atoms with E-state index in [0.29, 0.717) is 22.7 Å². The van der Waals surface area contributed by atoms with Crippen LogP contribution in [0.1, 0.15) is 5.56 Å². The normalized spacial score (nSPS) is 15.4. The summed E-state index contributed by atoms with van der Waals surface area (Å²) in [6.07, 6.45) is 4.48. The number of hydrogen-bond donors (Lipinski definition) is 1. The molecule has 8 nitrogen and oxygen atoms in total. The Bertz CT molecular complexity index is 1310. The number of methoxy groups -OCH3 is 1. The number of carbonyl (C=O) groups is 2. The van der Waals surface area contributed by atoms with Crippen LogP contribution in [0, 0.1) is 0 Å². The summed E-state index contributed by atoms with van der Waals surface area (Å²) in [4.78, 5) is 24.0. The highest BCUT2D eigenvalue weighted by atomic mass is 32.2. The minimum Gasteiger partial charge on any atom is -0.497 e. The minimum absolute atomic E-state index is 0.207. The number of nitrogens with zero attached hydrogens (tertiary/aromatic N) is 2. The molecule has 3 aromatic rings. The molecular weight excluding hydrogens is 438 g/mol. The molecule has 10 heteroatoms. The van der Waals surface area contributed by atoms with E-state index in [4.69, 9.17) is 4.74 Å². The largest absolute Gasteiger partial charge is 0.497 e. The van der Waals surface area contributed by atoms with Gasteiger partial charge in [-0.3, -0.25) is 14.9 Å². The number of benzene rings is 2. The Morgan fingerprint density at radius 2 is 1.74 bits per heavy atom. The van der Waals surface area contributed by atoms with E-state index >= 15 is 0 Å². The van der Waals surface area contributed by atoms with Crippen LogP contribution in [0.4, 0.5) is 4.79 Å². The van der Waals surface area contributed by atoms with Gasteiger partial charge < -0.3 is 4.74 Å². The first kappa shape index (κ1) is 20.9. The van der Waals surface area contributed by atoms with Gasteiger partial charge in [-0.05, 0) is 66.4 Å². The fraction of sp³-hybridized carbons (Fsp3) is 0.0952. The van der Waals surface area contributed by atoms with Gasteiger partial charge in [0.2, 0.25) is 0 Å². The smallest absolute Gasteiger partial charge is 0.290 e. The van der Waals surface area contributed by atoms with Crippen LogP contribution in [0.25, 0.3) is 23.0 Å². The van der Waals surface area contributed by atoms with Gasteiger partial charge in [-0.15, -0.1) is 0 Å². The Balaban J connectivity index is 1.80. The van der Waals surface area contributed by atoms with Crippen LogP contribution in [-0.2, 0) is 14.6 Å². The number of sulfone groups is 1. The molecule has 0 spiro atoms. The Hall–Kier alpha value is -3.37. The number of rotatable bonds is 5. The zero-order valence-electron chi connectivity index (χ0n) is 16.5. The second-order valence-electron chi connectivity index (χ2n) is 6.72. The van der Waals surface area contributed by atoms with Gasteiger partial charge in [0.15, 0.2) is 9.84 Å². The molecule has 1 fully saturated rings. The van der Waals surface area contributed by atoms with Crippen molar-refractivity contribution in [2.45, 2.75) is 4.90 Å². The standard InChI is InChI=1S/C21H17N3O5S2/c1-29-16-7-3-13(4-8-16)19-14(11-18-20(25)22-21(26)30-18)12-24(23-19)15-5-9-17(10-6-15)31(2,27)28/h3-12H,1-2H3,(H,22,25,26)/b18-11-. The lowest BCUT2D eigenvalue weighted by Crippen LogP contribution is -2.17. The third-order valence-electron chi connectivity index (χ3n) is 4.56. The Morgan fingerprint density at radius 3 is 2.29 bits per heavy atom. The molecule has 0 aliphatic carbocycles. The first-order valence-corrected chi connectivity index (χ1v) is 11.7. The minimum atomic E-state index is -3.31. The molecule has 4 rings (SSSR count). The highest BCUT2D eigenvalue weighted by molar-refractivity contribution is 8.18. The molecule has 1 aliphatic rings. The van der Waals surface area contributed by atoms with E-state index in [1.54, 1.807) is 48.3 Å². The van der Waals surface area contributed by atoms with Crippen molar-refractivity contribution in [3.05, 3.63) is 65.2 Å². The second kappa shape index (κ2) is 8.05. The summed E-state index contributed by atoms with van der Waals surface area (Å²) in [6.45, 7) is 0. The Morgan fingerprint density at radius 1 is 1.06 bits per heavy atom. The molecule has 31 heavy (non-hydrogen) atoms. The SMILES string of the molecule is COc1ccc(-c2nn(-c3ccc(S(C)(=O)=O)cc3)cc2/C=C2\SC(=O)NC2=O)cc1. The van der Waals surface area contributed by atoms with Crippen LogP contribution < -0.4 is 10.1 Å². The topological polar surface area (TPSA) is 107 Å². The van der Waals surface area contributed by atoms with Gasteiger partial charge in [-0.25, -0.2) is 13.1 Å². The van der Waals surface area contributed by atoms with E-state index in [1.807, 2.05) is 12.1 Å². The number of thioether (sulfide) groups is 1. The van der Waals surface area contributed by atoms with E-state index in [2.05, 4.69) is 10.4 Å². The highest BCUT2D eigenvalue weighted by Crippen LogP contribution is 2.31. The number of hydrogen-bond acceptors (Lipinski definition) is 7. The Kier molecular flexibility index (Phi) is 5.42. The highest BCUT2D eigenvalue weighted by Gasteiger charge is 2.26. The predicted octanol–water partition coefficient (Wildman–Crippen LogP) is 3.28. The molecule has 1 N–H and O–H groups in total. The fourth-order valence-corrected chi connectivity index (χ4v) is 4.31. The molecule has 0 saturated carbocycles. The third-order valence-corrected chi connectivity index (χ3v) is 6.50. The van der Waals surface area contributed by atoms with Crippen LogP contribution in [0.15, 0.2) is 64.5 Å². The Labute approximate surface area is 182 Å². The summed E-state index contributed by atoms with van der Waals surface area (Å²) >= 11 is 0.826. The zero-order valence-corrected chi connectivity index (χ0v) is 18.2. The molecule has 2 amide bonds. The summed E-state index contributed by atoms with van der Waals surface area (Å²) in [5.74, 6) is 0.233. The van der Waals surface area contributed by atoms with E-state index in [0.717, 1.165) is 23.6 Å². The first-order valence-electron chi connectivity index (χ1n) is 9.04. The van der Waals surface area contributed by atoms with E-state index < -0.39 is 21.0 Å². The summed E-state index contributed by atoms with van der Waals surface area (Å²) in [5, 5.41) is 6.45. The molecule has 0 unspecified atom stereocenters. The second-order valence-corrected chi connectivity index (χ2v) is 9.75. The van der Waals surface area contributed by atoms with Crippen LogP contribution in [-0.4, -0.2) is 42.7 Å². The lowest BCUT2D eigenvalue weighted by molar-refractivity contribution is -0.115. The van der Waals surface area contributed by atoms with Gasteiger partial charge in [0, 0.05) is 23.6 Å². The van der Waals surface area contributed by atoms with Crippen LogP contribution in [0.2, 0.25) is 0 Å². The van der Waals surface area contributed by atoms with E-state index in [-0.39, 0.29) is 9.80 Å². The summed E-state index contributed by atoms with van der Waals surface area (Å²) in [6, 6.07) is 13.6. The summed E-state index contributed by atoms with van der Waals surface area (Å²) in [5.41, 5.74) is 2.65. The van der Waals surface area contributed by atoms with Crippen molar-refractivity contribution in [2.75, 3.05) is 13.4 Å². The zero-order chi connectivity index (χ0) is 22.2. The predicted molar refractivity (Wildman–Crippen MR) is 118 cm³/mol. The number of imide groups is 1. The maximum Gasteiger partial charge on any atom is 0.290 e. The summed E-state index contributed by atoms with van der Waals surface area (Å²) in [7, 11) is -1.74. The number of aromatic nitrogens is 2. The molecule has 158 valence electrons. The summed E-state index contributed by atoms with van der Waals surface area (Å²) < 4.78 is 30.2. The van der Waals surface area contributed by atoms with Gasteiger partial charge in [0.1, 0.15) is 5.75 Å². The molecule has 0 bridgehead atoms. The van der Waals surface area contributed by atoms with Gasteiger partial charge in [0.25, 0.3) is 11.1 Å². The van der Waals surface area contributed by atoms with Crippen molar-refractivity contribution in [1.82, 2.24) is 15.1 Å². The van der Waals surface area contributed by atoms with Crippen molar-refractivity contribution in [2.24, 2.45) is 0 Å². The third kappa shape index (κ3) is 4.39. The molecule has 1 aromatic heterocycles. The molecule has 2 heterocycles. The van der Waals surface area contributed by atoms with Crippen molar-refractivity contribution < 1.29 is 22.7 Å². The van der Waals surface area contributed by atoms with Crippen LogP contribution in [0.3, 0.4) is 0 Å². The van der Waals surface area contributed by atoms with E-state index in [9.17, 15) is 18.0 Å². The van der Waals surface area contributed by atoms with Crippen molar-refractivity contribution >= 4 is 38.8 Å². The van der Waals surface area contributed by atoms with E-state index in [1.165, 1.54) is 12.1 Å².